The zero-order chi connectivity index (χ0) is 15.4. The van der Waals surface area contributed by atoms with Gasteiger partial charge in [-0.25, -0.2) is 0 Å². The Labute approximate surface area is 124 Å². The number of aryl methyl sites for hydroxylation is 3. The Bertz CT molecular complexity index is 615. The first-order chi connectivity index (χ1) is 9.97. The van der Waals surface area contributed by atoms with Gasteiger partial charge in [0.15, 0.2) is 0 Å². The smallest absolute Gasteiger partial charge is 0.305 e. The molecule has 2 rings (SSSR count). The molecule has 0 aliphatic carbocycles. The van der Waals surface area contributed by atoms with E-state index < -0.39 is 5.97 Å². The lowest BCUT2D eigenvalue weighted by Gasteiger charge is -2.24. The quantitative estimate of drug-likeness (QED) is 0.884. The van der Waals surface area contributed by atoms with E-state index in [0.29, 0.717) is 13.1 Å². The van der Waals surface area contributed by atoms with Crippen molar-refractivity contribution >= 4 is 11.7 Å². The summed E-state index contributed by atoms with van der Waals surface area (Å²) in [5.74, 6) is -0.0214. The van der Waals surface area contributed by atoms with E-state index >= 15 is 0 Å². The number of nitrogens with zero attached hydrogens (tertiary/aromatic N) is 2. The van der Waals surface area contributed by atoms with E-state index in [2.05, 4.69) is 11.2 Å². The fourth-order valence-electron chi connectivity index (χ4n) is 2.27. The largest absolute Gasteiger partial charge is 0.481 e. The molecule has 0 amide bonds. The first-order valence-electron chi connectivity index (χ1n) is 6.92. The van der Waals surface area contributed by atoms with Crippen LogP contribution in [0, 0.1) is 20.8 Å². The van der Waals surface area contributed by atoms with Gasteiger partial charge in [-0.3, -0.25) is 4.79 Å². The molecule has 0 saturated heterocycles. The average molecular weight is 288 g/mol. The molecule has 0 aliphatic rings. The van der Waals surface area contributed by atoms with E-state index in [1.807, 2.05) is 43.9 Å². The number of carboxylic acids is 1. The molecule has 0 fully saturated rings. The molecule has 0 spiro atoms. The summed E-state index contributed by atoms with van der Waals surface area (Å²) < 4.78 is 5.19. The van der Waals surface area contributed by atoms with Gasteiger partial charge in [0.25, 0.3) is 0 Å². The highest BCUT2D eigenvalue weighted by Gasteiger charge is 2.15. The molecule has 0 radical (unpaired) electrons. The number of benzene rings is 1. The van der Waals surface area contributed by atoms with Crippen molar-refractivity contribution < 1.29 is 14.4 Å². The number of rotatable bonds is 6. The van der Waals surface area contributed by atoms with E-state index in [0.717, 1.165) is 28.3 Å². The van der Waals surface area contributed by atoms with Crippen LogP contribution in [0.5, 0.6) is 0 Å². The third kappa shape index (κ3) is 3.84. The van der Waals surface area contributed by atoms with Gasteiger partial charge < -0.3 is 14.5 Å². The third-order valence-electron chi connectivity index (χ3n) is 3.49. The fraction of sp³-hybridized carbons (Fsp3) is 0.375. The van der Waals surface area contributed by atoms with Crippen LogP contribution in [0.25, 0.3) is 0 Å². The Morgan fingerprint density at radius 2 is 2.10 bits per heavy atom. The molecule has 0 atom stereocenters. The minimum absolute atomic E-state index is 0.0946. The fourth-order valence-corrected chi connectivity index (χ4v) is 2.27. The Hall–Kier alpha value is -2.30. The van der Waals surface area contributed by atoms with Crippen molar-refractivity contribution in [3.63, 3.8) is 0 Å². The first-order valence-corrected chi connectivity index (χ1v) is 6.92. The van der Waals surface area contributed by atoms with Crippen LogP contribution in [0.1, 0.15) is 29.0 Å². The third-order valence-corrected chi connectivity index (χ3v) is 3.49. The van der Waals surface area contributed by atoms with Crippen molar-refractivity contribution in [1.29, 1.82) is 0 Å². The maximum absolute atomic E-state index is 10.9. The number of hydrogen-bond acceptors (Lipinski definition) is 4. The van der Waals surface area contributed by atoms with Gasteiger partial charge in [0, 0.05) is 24.3 Å². The average Bonchev–Trinajstić information content (AvgIpc) is 2.74. The van der Waals surface area contributed by atoms with Crippen LogP contribution >= 0.6 is 0 Å². The minimum atomic E-state index is -0.800. The molecule has 0 unspecified atom stereocenters. The number of aliphatic carboxylic acids is 1. The maximum atomic E-state index is 10.9. The van der Waals surface area contributed by atoms with Crippen LogP contribution in [-0.2, 0) is 11.3 Å². The molecule has 21 heavy (non-hydrogen) atoms. The molecule has 1 heterocycles. The summed E-state index contributed by atoms with van der Waals surface area (Å²) in [7, 11) is 0. The molecule has 1 aromatic heterocycles. The lowest BCUT2D eigenvalue weighted by Crippen LogP contribution is -2.26. The van der Waals surface area contributed by atoms with Gasteiger partial charge in [0.05, 0.1) is 12.1 Å². The highest BCUT2D eigenvalue weighted by Crippen LogP contribution is 2.22. The minimum Gasteiger partial charge on any atom is -0.481 e. The van der Waals surface area contributed by atoms with E-state index in [1.54, 1.807) is 0 Å². The second-order valence-corrected chi connectivity index (χ2v) is 5.21. The summed E-state index contributed by atoms with van der Waals surface area (Å²) in [5, 5.41) is 12.9. The molecule has 0 bridgehead atoms. The van der Waals surface area contributed by atoms with Crippen molar-refractivity contribution in [3.8, 4) is 0 Å². The molecule has 5 heteroatoms. The van der Waals surface area contributed by atoms with E-state index in [-0.39, 0.29) is 6.42 Å². The predicted molar refractivity (Wildman–Crippen MR) is 80.5 cm³/mol. The van der Waals surface area contributed by atoms with Crippen LogP contribution in [-0.4, -0.2) is 22.8 Å². The van der Waals surface area contributed by atoms with Gasteiger partial charge >= 0.3 is 5.97 Å². The van der Waals surface area contributed by atoms with Crippen LogP contribution < -0.4 is 4.90 Å². The van der Waals surface area contributed by atoms with Crippen LogP contribution in [0.15, 0.2) is 28.8 Å². The summed E-state index contributed by atoms with van der Waals surface area (Å²) in [6.45, 7) is 6.84. The Kier molecular flexibility index (Phi) is 4.62. The van der Waals surface area contributed by atoms with Gasteiger partial charge in [-0.05, 0) is 38.5 Å². The van der Waals surface area contributed by atoms with Gasteiger partial charge in [-0.15, -0.1) is 0 Å². The zero-order valence-corrected chi connectivity index (χ0v) is 12.6. The Balaban J connectivity index is 2.25. The molecule has 1 aromatic carbocycles. The number of carbonyl (C=O) groups is 1. The van der Waals surface area contributed by atoms with Gasteiger partial charge in [-0.2, -0.15) is 0 Å². The van der Waals surface area contributed by atoms with Crippen LogP contribution in [0.4, 0.5) is 5.69 Å². The normalized spacial score (nSPS) is 10.6. The SMILES string of the molecule is Cc1cccc(N(CCC(=O)O)Cc2c(C)noc2C)c1. The number of hydrogen-bond donors (Lipinski definition) is 1. The van der Waals surface area contributed by atoms with Crippen molar-refractivity contribution in [2.45, 2.75) is 33.7 Å². The molecule has 0 saturated carbocycles. The molecule has 112 valence electrons. The molecule has 2 aromatic rings. The summed E-state index contributed by atoms with van der Waals surface area (Å²) in [4.78, 5) is 12.9. The van der Waals surface area contributed by atoms with Crippen LogP contribution in [0.2, 0.25) is 0 Å². The van der Waals surface area contributed by atoms with Crippen molar-refractivity contribution in [2.75, 3.05) is 11.4 Å². The van der Waals surface area contributed by atoms with E-state index in [1.165, 1.54) is 0 Å². The van der Waals surface area contributed by atoms with Gasteiger partial charge in [-0.1, -0.05) is 17.3 Å². The molecule has 1 N–H and O–H groups in total. The first kappa shape index (κ1) is 15.1. The molecule has 0 aliphatic heterocycles. The lowest BCUT2D eigenvalue weighted by molar-refractivity contribution is -0.136. The van der Waals surface area contributed by atoms with Gasteiger partial charge in [0.2, 0.25) is 0 Å². The Morgan fingerprint density at radius 1 is 1.33 bits per heavy atom. The number of anilines is 1. The number of aromatic nitrogens is 1. The molecular weight excluding hydrogens is 268 g/mol. The maximum Gasteiger partial charge on any atom is 0.305 e. The van der Waals surface area contributed by atoms with Gasteiger partial charge in [0.1, 0.15) is 5.76 Å². The Morgan fingerprint density at radius 3 is 2.67 bits per heavy atom. The second-order valence-electron chi connectivity index (χ2n) is 5.21. The standard InChI is InChI=1S/C16H20N2O3/c1-11-5-4-6-14(9-11)18(8-7-16(19)20)10-15-12(2)17-21-13(15)3/h4-6,9H,7-8,10H2,1-3H3,(H,19,20). The van der Waals surface area contributed by atoms with E-state index in [4.69, 9.17) is 9.63 Å². The molecule has 5 nitrogen and oxygen atoms in total. The highest BCUT2D eigenvalue weighted by molar-refractivity contribution is 5.67. The second kappa shape index (κ2) is 6.43. The number of carboxylic acid groups (broad SMARTS) is 1. The van der Waals surface area contributed by atoms with Crippen molar-refractivity contribution in [2.24, 2.45) is 0 Å². The predicted octanol–water partition coefficient (Wildman–Crippen LogP) is 3.08. The monoisotopic (exact) mass is 288 g/mol. The molecular formula is C16H20N2O3. The summed E-state index contributed by atoms with van der Waals surface area (Å²) in [6, 6.07) is 8.05. The summed E-state index contributed by atoms with van der Waals surface area (Å²) in [5.41, 5.74) is 4.02. The van der Waals surface area contributed by atoms with Crippen molar-refractivity contribution in [1.82, 2.24) is 5.16 Å². The van der Waals surface area contributed by atoms with Crippen molar-refractivity contribution in [3.05, 3.63) is 46.8 Å². The zero-order valence-electron chi connectivity index (χ0n) is 12.6. The summed E-state index contributed by atoms with van der Waals surface area (Å²) in [6.07, 6.45) is 0.0946. The topological polar surface area (TPSA) is 66.6 Å². The highest BCUT2D eigenvalue weighted by atomic mass is 16.5. The lowest BCUT2D eigenvalue weighted by atomic mass is 10.1. The van der Waals surface area contributed by atoms with Crippen LogP contribution in [0.3, 0.4) is 0 Å². The summed E-state index contributed by atoms with van der Waals surface area (Å²) >= 11 is 0. The van der Waals surface area contributed by atoms with E-state index in [9.17, 15) is 4.79 Å².